The molecule has 0 bridgehead atoms. The standard InChI is InChI=1S/C7H12N3P.C2H6/c1-9-6-2-5(8)3-7(4-6)10-11;1-2/h2-4,9-10H,8,11H2,1H3;1-2H3. The molecule has 74 valence electrons. The van der Waals surface area contributed by atoms with Gasteiger partial charge in [-0.05, 0) is 27.6 Å². The molecule has 1 aromatic carbocycles. The van der Waals surface area contributed by atoms with Crippen LogP contribution in [0.5, 0.6) is 0 Å². The molecule has 4 N–H and O–H groups in total. The summed E-state index contributed by atoms with van der Waals surface area (Å²) in [6.45, 7) is 4.00. The fraction of sp³-hybridized carbons (Fsp3) is 0.333. The van der Waals surface area contributed by atoms with Crippen LogP contribution < -0.4 is 16.1 Å². The first-order valence-corrected chi connectivity index (χ1v) is 4.89. The fourth-order valence-electron chi connectivity index (χ4n) is 0.879. The van der Waals surface area contributed by atoms with Crippen LogP contribution in [0.2, 0.25) is 0 Å². The lowest BCUT2D eigenvalue weighted by molar-refractivity contribution is 1.50. The number of hydrogen-bond donors (Lipinski definition) is 3. The van der Waals surface area contributed by atoms with Crippen molar-refractivity contribution < 1.29 is 0 Å². The summed E-state index contributed by atoms with van der Waals surface area (Å²) in [7, 11) is 4.29. The number of nitrogens with one attached hydrogen (secondary N) is 2. The monoisotopic (exact) mass is 199 g/mol. The third-order valence-corrected chi connectivity index (χ3v) is 1.74. The molecule has 0 spiro atoms. The van der Waals surface area contributed by atoms with Gasteiger partial charge in [0, 0.05) is 24.1 Å². The smallest absolute Gasteiger partial charge is 0.0410 e. The quantitative estimate of drug-likeness (QED) is 0.506. The molecule has 1 aromatic rings. The lowest BCUT2D eigenvalue weighted by atomic mass is 10.2. The predicted molar refractivity (Wildman–Crippen MR) is 65.1 cm³/mol. The molecule has 0 heterocycles. The third kappa shape index (κ3) is 4.00. The van der Waals surface area contributed by atoms with Crippen molar-refractivity contribution in [3.05, 3.63) is 18.2 Å². The van der Waals surface area contributed by atoms with E-state index in [0.29, 0.717) is 0 Å². The average molecular weight is 199 g/mol. The minimum atomic E-state index is 0.752. The Morgan fingerprint density at radius 3 is 2.15 bits per heavy atom. The summed E-state index contributed by atoms with van der Waals surface area (Å²) in [4.78, 5) is 0. The Hall–Kier alpha value is -0.950. The maximum atomic E-state index is 5.62. The van der Waals surface area contributed by atoms with Gasteiger partial charge in [0.2, 0.25) is 0 Å². The average Bonchev–Trinajstić information content (AvgIpc) is 2.20. The molecule has 1 atom stereocenters. The van der Waals surface area contributed by atoms with E-state index in [4.69, 9.17) is 5.73 Å². The highest BCUT2D eigenvalue weighted by Gasteiger charge is 1.93. The molecule has 4 heteroatoms. The lowest BCUT2D eigenvalue weighted by Gasteiger charge is -2.05. The minimum absolute atomic E-state index is 0.752. The van der Waals surface area contributed by atoms with E-state index in [1.807, 2.05) is 39.1 Å². The Balaban J connectivity index is 0.000000671. The predicted octanol–water partition coefficient (Wildman–Crippen LogP) is 2.54. The number of rotatable bonds is 2. The molecular weight excluding hydrogens is 181 g/mol. The Morgan fingerprint density at radius 2 is 1.69 bits per heavy atom. The summed E-state index contributed by atoms with van der Waals surface area (Å²) in [5, 5.41) is 5.95. The second kappa shape index (κ2) is 6.55. The molecule has 0 radical (unpaired) electrons. The highest BCUT2D eigenvalue weighted by molar-refractivity contribution is 7.18. The summed E-state index contributed by atoms with van der Waals surface area (Å²) >= 11 is 0. The zero-order chi connectivity index (χ0) is 10.3. The van der Waals surface area contributed by atoms with E-state index in [9.17, 15) is 0 Å². The second-order valence-corrected chi connectivity index (χ2v) is 2.53. The molecular formula is C9H18N3P. The van der Waals surface area contributed by atoms with Crippen molar-refractivity contribution in [3.63, 3.8) is 0 Å². The fourth-order valence-corrected chi connectivity index (χ4v) is 1.05. The molecule has 13 heavy (non-hydrogen) atoms. The lowest BCUT2D eigenvalue weighted by Crippen LogP contribution is -1.92. The van der Waals surface area contributed by atoms with E-state index in [2.05, 4.69) is 19.8 Å². The summed E-state index contributed by atoms with van der Waals surface area (Å²) in [5.41, 5.74) is 8.37. The van der Waals surface area contributed by atoms with E-state index in [-0.39, 0.29) is 0 Å². The first kappa shape index (κ1) is 12.0. The molecule has 1 rings (SSSR count). The van der Waals surface area contributed by atoms with E-state index < -0.39 is 0 Å². The Morgan fingerprint density at radius 1 is 1.15 bits per heavy atom. The van der Waals surface area contributed by atoms with Crippen LogP contribution in [0.1, 0.15) is 13.8 Å². The van der Waals surface area contributed by atoms with Gasteiger partial charge >= 0.3 is 0 Å². The summed E-state index contributed by atoms with van der Waals surface area (Å²) in [6.07, 6.45) is 0. The van der Waals surface area contributed by atoms with E-state index in [1.165, 1.54) is 0 Å². The highest BCUT2D eigenvalue weighted by Crippen LogP contribution is 2.20. The molecule has 0 saturated heterocycles. The van der Waals surface area contributed by atoms with Crippen LogP contribution in [0.25, 0.3) is 0 Å². The topological polar surface area (TPSA) is 50.1 Å². The summed E-state index contributed by atoms with van der Waals surface area (Å²) in [5.74, 6) is 0. The normalized spacial score (nSPS) is 8.31. The molecule has 0 aliphatic carbocycles. The second-order valence-electron chi connectivity index (χ2n) is 2.24. The molecule has 0 amide bonds. The van der Waals surface area contributed by atoms with Gasteiger partial charge in [-0.2, -0.15) is 0 Å². The van der Waals surface area contributed by atoms with Crippen LogP contribution in [-0.2, 0) is 0 Å². The van der Waals surface area contributed by atoms with Crippen molar-refractivity contribution in [2.45, 2.75) is 13.8 Å². The number of benzene rings is 1. The van der Waals surface area contributed by atoms with Gasteiger partial charge < -0.3 is 16.1 Å². The zero-order valence-electron chi connectivity index (χ0n) is 8.39. The molecule has 0 aliphatic heterocycles. The summed E-state index contributed by atoms with van der Waals surface area (Å²) in [6, 6.07) is 5.72. The molecule has 0 aliphatic rings. The van der Waals surface area contributed by atoms with Crippen molar-refractivity contribution in [2.75, 3.05) is 23.2 Å². The van der Waals surface area contributed by atoms with Gasteiger partial charge in [0.15, 0.2) is 0 Å². The molecule has 3 nitrogen and oxygen atoms in total. The Kier molecular flexibility index (Phi) is 6.07. The first-order chi connectivity index (χ1) is 6.26. The van der Waals surface area contributed by atoms with E-state index in [1.54, 1.807) is 0 Å². The maximum absolute atomic E-state index is 5.62. The zero-order valence-corrected chi connectivity index (χ0v) is 9.54. The molecule has 0 fully saturated rings. The SMILES string of the molecule is CC.CNc1cc(N)cc(NP)c1. The van der Waals surface area contributed by atoms with Crippen LogP contribution in [0.4, 0.5) is 17.1 Å². The summed E-state index contributed by atoms with van der Waals surface area (Å²) < 4.78 is 0. The van der Waals surface area contributed by atoms with Gasteiger partial charge in [-0.25, -0.2) is 0 Å². The van der Waals surface area contributed by atoms with Crippen molar-refractivity contribution >= 4 is 26.5 Å². The van der Waals surface area contributed by atoms with Crippen LogP contribution >= 0.6 is 9.39 Å². The minimum Gasteiger partial charge on any atom is -0.399 e. The van der Waals surface area contributed by atoms with Gasteiger partial charge in [-0.3, -0.25) is 0 Å². The number of nitrogen functional groups attached to an aromatic ring is 1. The maximum Gasteiger partial charge on any atom is 0.0410 e. The molecule has 0 saturated carbocycles. The van der Waals surface area contributed by atoms with Gasteiger partial charge in [-0.15, -0.1) is 0 Å². The molecule has 0 aromatic heterocycles. The van der Waals surface area contributed by atoms with Crippen LogP contribution in [-0.4, -0.2) is 7.05 Å². The van der Waals surface area contributed by atoms with Gasteiger partial charge in [0.1, 0.15) is 0 Å². The first-order valence-electron chi connectivity index (χ1n) is 4.31. The van der Waals surface area contributed by atoms with Crippen LogP contribution in [0.15, 0.2) is 18.2 Å². The van der Waals surface area contributed by atoms with Crippen molar-refractivity contribution in [3.8, 4) is 0 Å². The number of nitrogens with two attached hydrogens (primary N) is 1. The van der Waals surface area contributed by atoms with Crippen molar-refractivity contribution in [1.29, 1.82) is 0 Å². The van der Waals surface area contributed by atoms with Gasteiger partial charge in [0.25, 0.3) is 0 Å². The largest absolute Gasteiger partial charge is 0.399 e. The van der Waals surface area contributed by atoms with Gasteiger partial charge in [0.05, 0.1) is 0 Å². The van der Waals surface area contributed by atoms with Crippen LogP contribution in [0.3, 0.4) is 0 Å². The Bertz CT molecular complexity index is 228. The van der Waals surface area contributed by atoms with Crippen molar-refractivity contribution in [2.24, 2.45) is 0 Å². The van der Waals surface area contributed by atoms with Gasteiger partial charge in [-0.1, -0.05) is 13.8 Å². The van der Waals surface area contributed by atoms with Crippen molar-refractivity contribution in [1.82, 2.24) is 0 Å². The van der Waals surface area contributed by atoms with E-state index in [0.717, 1.165) is 17.1 Å². The van der Waals surface area contributed by atoms with E-state index >= 15 is 0 Å². The highest BCUT2D eigenvalue weighted by atomic mass is 31.0. The Labute approximate surface area is 82.4 Å². The number of anilines is 3. The number of hydrogen-bond acceptors (Lipinski definition) is 3. The third-order valence-electron chi connectivity index (χ3n) is 1.41. The van der Waals surface area contributed by atoms with Crippen LogP contribution in [0, 0.1) is 0 Å². The molecule has 1 unspecified atom stereocenters.